The highest BCUT2D eigenvalue weighted by atomic mass is 16.4. The zero-order valence-corrected chi connectivity index (χ0v) is 11.6. The molecule has 110 valence electrons. The fourth-order valence-corrected chi connectivity index (χ4v) is 2.62. The molecule has 3 N–H and O–H groups in total. The quantitative estimate of drug-likeness (QED) is 0.784. The first-order valence-corrected chi connectivity index (χ1v) is 6.77. The van der Waals surface area contributed by atoms with Gasteiger partial charge in [-0.1, -0.05) is 6.07 Å². The zero-order chi connectivity index (χ0) is 15.0. The van der Waals surface area contributed by atoms with E-state index in [0.717, 1.165) is 16.5 Å². The number of aromatic nitrogens is 2. The topological polar surface area (TPSA) is 98.3 Å². The Labute approximate surface area is 120 Å². The van der Waals surface area contributed by atoms with Gasteiger partial charge in [-0.05, 0) is 25.0 Å². The highest BCUT2D eigenvalue weighted by Crippen LogP contribution is 2.25. The van der Waals surface area contributed by atoms with Crippen LogP contribution >= 0.6 is 0 Å². The number of carbonyl (C=O) groups excluding carboxylic acids is 1. The van der Waals surface area contributed by atoms with Gasteiger partial charge in [0.25, 0.3) is 0 Å². The molecule has 1 aliphatic heterocycles. The molecule has 1 atom stereocenters. The number of nitrogens with one attached hydrogen (secondary N) is 2. The number of carboxylic acids is 1. The Morgan fingerprint density at radius 1 is 1.48 bits per heavy atom. The lowest BCUT2D eigenvalue weighted by molar-refractivity contribution is -0.141. The van der Waals surface area contributed by atoms with E-state index in [1.807, 2.05) is 19.1 Å². The number of fused-ring (bicyclic) bond motifs is 1. The summed E-state index contributed by atoms with van der Waals surface area (Å²) in [7, 11) is 0. The highest BCUT2D eigenvalue weighted by molar-refractivity contribution is 6.00. The summed E-state index contributed by atoms with van der Waals surface area (Å²) >= 11 is 0. The molecular formula is C14H16N4O3. The number of carbonyl (C=O) groups is 2. The van der Waals surface area contributed by atoms with Crippen molar-refractivity contribution in [3.8, 4) is 0 Å². The smallest absolute Gasteiger partial charge is 0.321 e. The van der Waals surface area contributed by atoms with E-state index in [4.69, 9.17) is 5.11 Å². The number of urea groups is 1. The minimum Gasteiger partial charge on any atom is -0.481 e. The highest BCUT2D eigenvalue weighted by Gasteiger charge is 2.31. The number of carboxylic acid groups (broad SMARTS) is 1. The van der Waals surface area contributed by atoms with Gasteiger partial charge in [0.2, 0.25) is 0 Å². The maximum atomic E-state index is 12.2. The summed E-state index contributed by atoms with van der Waals surface area (Å²) < 4.78 is 0. The first-order valence-electron chi connectivity index (χ1n) is 6.77. The molecule has 3 rings (SSSR count). The second kappa shape index (κ2) is 5.08. The molecule has 1 saturated heterocycles. The van der Waals surface area contributed by atoms with Crippen LogP contribution in [-0.2, 0) is 4.79 Å². The van der Waals surface area contributed by atoms with E-state index in [-0.39, 0.29) is 12.6 Å². The van der Waals surface area contributed by atoms with E-state index in [2.05, 4.69) is 15.5 Å². The van der Waals surface area contributed by atoms with Gasteiger partial charge in [-0.25, -0.2) is 4.79 Å². The Morgan fingerprint density at radius 2 is 2.29 bits per heavy atom. The van der Waals surface area contributed by atoms with Crippen LogP contribution in [0, 0.1) is 12.8 Å². The molecule has 0 spiro atoms. The number of hydrogen-bond donors (Lipinski definition) is 3. The van der Waals surface area contributed by atoms with Gasteiger partial charge in [0.1, 0.15) is 0 Å². The lowest BCUT2D eigenvalue weighted by Gasteiger charge is -2.17. The van der Waals surface area contributed by atoms with Crippen molar-refractivity contribution in [2.75, 3.05) is 18.4 Å². The van der Waals surface area contributed by atoms with Crippen molar-refractivity contribution in [2.45, 2.75) is 13.3 Å². The van der Waals surface area contributed by atoms with Crippen LogP contribution in [0.25, 0.3) is 10.9 Å². The molecule has 2 heterocycles. The summed E-state index contributed by atoms with van der Waals surface area (Å²) in [4.78, 5) is 24.7. The third kappa shape index (κ3) is 2.42. The van der Waals surface area contributed by atoms with Crippen LogP contribution in [0.1, 0.15) is 12.0 Å². The third-order valence-electron chi connectivity index (χ3n) is 3.90. The SMILES string of the molecule is Cc1ccc(NC(=O)N2CCC(C(=O)O)C2)c2[nH]ncc12. The average molecular weight is 288 g/mol. The van der Waals surface area contributed by atoms with E-state index in [1.165, 1.54) is 4.90 Å². The summed E-state index contributed by atoms with van der Waals surface area (Å²) in [6.45, 7) is 2.68. The predicted octanol–water partition coefficient (Wildman–Crippen LogP) is 1.81. The summed E-state index contributed by atoms with van der Waals surface area (Å²) in [6, 6.07) is 3.45. The van der Waals surface area contributed by atoms with Gasteiger partial charge in [0.15, 0.2) is 0 Å². The first kappa shape index (κ1) is 13.4. The number of aliphatic carboxylic acids is 1. The molecule has 2 aromatic rings. The lowest BCUT2D eigenvalue weighted by atomic mass is 10.1. The summed E-state index contributed by atoms with van der Waals surface area (Å²) in [5, 5.41) is 19.6. The van der Waals surface area contributed by atoms with Crippen LogP contribution in [0.4, 0.5) is 10.5 Å². The van der Waals surface area contributed by atoms with Crippen LogP contribution in [0.5, 0.6) is 0 Å². The number of likely N-dealkylation sites (tertiary alicyclic amines) is 1. The van der Waals surface area contributed by atoms with Crippen molar-refractivity contribution < 1.29 is 14.7 Å². The van der Waals surface area contributed by atoms with Gasteiger partial charge >= 0.3 is 12.0 Å². The van der Waals surface area contributed by atoms with Crippen LogP contribution in [0.15, 0.2) is 18.3 Å². The lowest BCUT2D eigenvalue weighted by Crippen LogP contribution is -2.33. The van der Waals surface area contributed by atoms with Crippen molar-refractivity contribution in [1.82, 2.24) is 15.1 Å². The molecule has 0 saturated carbocycles. The second-order valence-corrected chi connectivity index (χ2v) is 5.29. The van der Waals surface area contributed by atoms with Crippen molar-refractivity contribution in [3.05, 3.63) is 23.9 Å². The van der Waals surface area contributed by atoms with Gasteiger partial charge in [-0.2, -0.15) is 5.10 Å². The van der Waals surface area contributed by atoms with Crippen molar-refractivity contribution in [2.24, 2.45) is 5.92 Å². The number of rotatable bonds is 2. The summed E-state index contributed by atoms with van der Waals surface area (Å²) in [5.74, 6) is -1.32. The molecule has 1 aromatic heterocycles. The van der Waals surface area contributed by atoms with E-state index in [0.29, 0.717) is 18.7 Å². The number of nitrogens with zero attached hydrogens (tertiary/aromatic N) is 2. The molecule has 7 nitrogen and oxygen atoms in total. The molecule has 0 aliphatic carbocycles. The monoisotopic (exact) mass is 288 g/mol. The molecule has 21 heavy (non-hydrogen) atoms. The fourth-order valence-electron chi connectivity index (χ4n) is 2.62. The molecule has 0 bridgehead atoms. The van der Waals surface area contributed by atoms with E-state index in [9.17, 15) is 9.59 Å². The van der Waals surface area contributed by atoms with Crippen LogP contribution < -0.4 is 5.32 Å². The maximum Gasteiger partial charge on any atom is 0.321 e. The van der Waals surface area contributed by atoms with Gasteiger partial charge in [-0.15, -0.1) is 0 Å². The second-order valence-electron chi connectivity index (χ2n) is 5.29. The standard InChI is InChI=1S/C14H16N4O3/c1-8-2-3-11(12-10(8)6-15-17-12)16-14(21)18-5-4-9(7-18)13(19)20/h2-3,6,9H,4-5,7H2,1H3,(H,15,17)(H,16,21)(H,19,20). The predicted molar refractivity (Wildman–Crippen MR) is 77.2 cm³/mol. The molecule has 7 heteroatoms. The van der Waals surface area contributed by atoms with Gasteiger partial charge in [0, 0.05) is 18.5 Å². The Morgan fingerprint density at radius 3 is 3.00 bits per heavy atom. The molecule has 1 aromatic carbocycles. The molecule has 2 amide bonds. The van der Waals surface area contributed by atoms with E-state index in [1.54, 1.807) is 6.20 Å². The number of aryl methyl sites for hydroxylation is 1. The number of anilines is 1. The minimum absolute atomic E-state index is 0.249. The van der Waals surface area contributed by atoms with Crippen LogP contribution in [0.2, 0.25) is 0 Å². The van der Waals surface area contributed by atoms with Crippen LogP contribution in [0.3, 0.4) is 0 Å². The third-order valence-corrected chi connectivity index (χ3v) is 3.90. The summed E-state index contributed by atoms with van der Waals surface area (Å²) in [5.41, 5.74) is 2.50. The molecular weight excluding hydrogens is 272 g/mol. The van der Waals surface area contributed by atoms with Crippen molar-refractivity contribution in [3.63, 3.8) is 0 Å². The van der Waals surface area contributed by atoms with Gasteiger partial charge in [0.05, 0.1) is 23.3 Å². The molecule has 1 unspecified atom stereocenters. The van der Waals surface area contributed by atoms with Gasteiger partial charge < -0.3 is 15.3 Å². The Balaban J connectivity index is 1.77. The Bertz CT molecular complexity index is 709. The normalized spacial score (nSPS) is 18.1. The maximum absolute atomic E-state index is 12.2. The van der Waals surface area contributed by atoms with Crippen molar-refractivity contribution >= 4 is 28.6 Å². The van der Waals surface area contributed by atoms with Crippen LogP contribution in [-0.4, -0.2) is 45.3 Å². The molecule has 1 fully saturated rings. The minimum atomic E-state index is -0.850. The Kier molecular flexibility index (Phi) is 3.25. The molecule has 1 aliphatic rings. The summed E-state index contributed by atoms with van der Waals surface area (Å²) in [6.07, 6.45) is 2.22. The number of benzene rings is 1. The van der Waals surface area contributed by atoms with E-state index >= 15 is 0 Å². The number of hydrogen-bond acceptors (Lipinski definition) is 3. The number of amides is 2. The molecule has 0 radical (unpaired) electrons. The van der Waals surface area contributed by atoms with Gasteiger partial charge in [-0.3, -0.25) is 9.89 Å². The van der Waals surface area contributed by atoms with E-state index < -0.39 is 11.9 Å². The number of aromatic amines is 1. The zero-order valence-electron chi connectivity index (χ0n) is 11.6. The number of H-pyrrole nitrogens is 1. The Hall–Kier alpha value is -2.57. The van der Waals surface area contributed by atoms with Crippen molar-refractivity contribution in [1.29, 1.82) is 0 Å². The fraction of sp³-hybridized carbons (Fsp3) is 0.357. The first-order chi connectivity index (χ1) is 10.1. The average Bonchev–Trinajstić information content (AvgIpc) is 3.09. The largest absolute Gasteiger partial charge is 0.481 e.